The molecular formula is C15H23ClN4. The summed E-state index contributed by atoms with van der Waals surface area (Å²) in [5.41, 5.74) is 3.12. The van der Waals surface area contributed by atoms with Gasteiger partial charge < -0.3 is 4.57 Å². The Labute approximate surface area is 125 Å². The van der Waals surface area contributed by atoms with Gasteiger partial charge in [-0.3, -0.25) is 4.68 Å². The van der Waals surface area contributed by atoms with Crippen LogP contribution in [0.25, 0.3) is 11.2 Å². The van der Waals surface area contributed by atoms with Crippen LogP contribution in [0.1, 0.15) is 56.6 Å². The SMILES string of the molecule is Cc1nn(C)c2c1nc(CCl)n2C(C)C1CCCCC1. The molecule has 5 heteroatoms. The molecule has 0 aliphatic heterocycles. The maximum absolute atomic E-state index is 6.14. The molecule has 110 valence electrons. The largest absolute Gasteiger partial charge is 0.309 e. The minimum Gasteiger partial charge on any atom is -0.309 e. The first-order chi connectivity index (χ1) is 9.63. The third-order valence-corrected chi connectivity index (χ3v) is 5.01. The lowest BCUT2D eigenvalue weighted by Crippen LogP contribution is -2.21. The van der Waals surface area contributed by atoms with Crippen molar-refractivity contribution in [1.82, 2.24) is 19.3 Å². The third-order valence-electron chi connectivity index (χ3n) is 4.77. The molecule has 2 heterocycles. The van der Waals surface area contributed by atoms with Crippen molar-refractivity contribution in [3.8, 4) is 0 Å². The van der Waals surface area contributed by atoms with E-state index in [1.165, 1.54) is 32.1 Å². The number of alkyl halides is 1. The number of fused-ring (bicyclic) bond motifs is 1. The van der Waals surface area contributed by atoms with Crippen LogP contribution in [-0.2, 0) is 12.9 Å². The van der Waals surface area contributed by atoms with Crippen molar-refractivity contribution in [2.45, 2.75) is 57.9 Å². The highest BCUT2D eigenvalue weighted by molar-refractivity contribution is 6.16. The summed E-state index contributed by atoms with van der Waals surface area (Å²) < 4.78 is 4.28. The molecule has 0 N–H and O–H groups in total. The van der Waals surface area contributed by atoms with Gasteiger partial charge in [-0.1, -0.05) is 19.3 Å². The van der Waals surface area contributed by atoms with E-state index >= 15 is 0 Å². The van der Waals surface area contributed by atoms with Crippen molar-refractivity contribution in [2.24, 2.45) is 13.0 Å². The topological polar surface area (TPSA) is 35.6 Å². The molecule has 0 radical (unpaired) electrons. The van der Waals surface area contributed by atoms with Crippen molar-refractivity contribution < 1.29 is 0 Å². The maximum atomic E-state index is 6.14. The van der Waals surface area contributed by atoms with Crippen LogP contribution in [0.5, 0.6) is 0 Å². The summed E-state index contributed by atoms with van der Waals surface area (Å²) in [4.78, 5) is 4.72. The molecule has 1 aliphatic carbocycles. The van der Waals surface area contributed by atoms with Gasteiger partial charge in [0, 0.05) is 13.1 Å². The van der Waals surface area contributed by atoms with E-state index in [4.69, 9.17) is 16.6 Å². The second-order valence-electron chi connectivity index (χ2n) is 6.05. The Hall–Kier alpha value is -1.03. The van der Waals surface area contributed by atoms with Gasteiger partial charge in [0.2, 0.25) is 0 Å². The van der Waals surface area contributed by atoms with Crippen LogP contribution in [0, 0.1) is 12.8 Å². The van der Waals surface area contributed by atoms with Gasteiger partial charge in [0.05, 0.1) is 11.6 Å². The van der Waals surface area contributed by atoms with Crippen LogP contribution in [0.4, 0.5) is 0 Å². The number of hydrogen-bond acceptors (Lipinski definition) is 2. The summed E-state index contributed by atoms with van der Waals surface area (Å²) >= 11 is 6.14. The molecule has 1 fully saturated rings. The van der Waals surface area contributed by atoms with Gasteiger partial charge in [-0.25, -0.2) is 4.98 Å². The second kappa shape index (κ2) is 5.40. The molecule has 1 atom stereocenters. The average molecular weight is 295 g/mol. The predicted molar refractivity (Wildman–Crippen MR) is 82.1 cm³/mol. The fraction of sp³-hybridized carbons (Fsp3) is 0.733. The van der Waals surface area contributed by atoms with E-state index in [1.54, 1.807) is 0 Å². The van der Waals surface area contributed by atoms with E-state index in [-0.39, 0.29) is 0 Å². The van der Waals surface area contributed by atoms with Crippen LogP contribution < -0.4 is 0 Å². The molecule has 0 aromatic carbocycles. The van der Waals surface area contributed by atoms with Crippen molar-refractivity contribution in [3.63, 3.8) is 0 Å². The molecular weight excluding hydrogens is 272 g/mol. The van der Waals surface area contributed by atoms with E-state index in [9.17, 15) is 0 Å². The first kappa shape index (κ1) is 13.9. The second-order valence-corrected chi connectivity index (χ2v) is 6.32. The van der Waals surface area contributed by atoms with Gasteiger partial charge in [-0.15, -0.1) is 11.6 Å². The summed E-state index contributed by atoms with van der Waals surface area (Å²) in [5.74, 6) is 2.18. The van der Waals surface area contributed by atoms with E-state index in [2.05, 4.69) is 16.6 Å². The summed E-state index contributed by atoms with van der Waals surface area (Å²) in [7, 11) is 2.00. The van der Waals surface area contributed by atoms with E-state index in [0.717, 1.165) is 28.6 Å². The van der Waals surface area contributed by atoms with Crippen LogP contribution in [0.15, 0.2) is 0 Å². The Kier molecular flexibility index (Phi) is 3.76. The van der Waals surface area contributed by atoms with E-state index in [0.29, 0.717) is 11.9 Å². The maximum Gasteiger partial charge on any atom is 0.158 e. The predicted octanol–water partition coefficient (Wildman–Crippen LogP) is 3.96. The zero-order chi connectivity index (χ0) is 14.3. The lowest BCUT2D eigenvalue weighted by molar-refractivity contribution is 0.263. The minimum atomic E-state index is 0.448. The first-order valence-corrected chi connectivity index (χ1v) is 8.13. The van der Waals surface area contributed by atoms with Crippen LogP contribution >= 0.6 is 11.6 Å². The van der Waals surface area contributed by atoms with Crippen molar-refractivity contribution in [3.05, 3.63) is 11.5 Å². The van der Waals surface area contributed by atoms with Gasteiger partial charge in [-0.05, 0) is 32.6 Å². The molecule has 1 aliphatic rings. The summed E-state index contributed by atoms with van der Waals surface area (Å²) in [6.07, 6.45) is 6.73. The highest BCUT2D eigenvalue weighted by Gasteiger charge is 2.27. The zero-order valence-corrected chi connectivity index (χ0v) is 13.3. The zero-order valence-electron chi connectivity index (χ0n) is 12.6. The molecule has 20 heavy (non-hydrogen) atoms. The molecule has 1 saturated carbocycles. The number of aryl methyl sites for hydroxylation is 2. The molecule has 0 saturated heterocycles. The van der Waals surface area contributed by atoms with Gasteiger partial charge in [0.15, 0.2) is 5.65 Å². The smallest absolute Gasteiger partial charge is 0.158 e. The quantitative estimate of drug-likeness (QED) is 0.803. The monoisotopic (exact) mass is 294 g/mol. The van der Waals surface area contributed by atoms with Gasteiger partial charge in [0.25, 0.3) is 0 Å². The normalized spacial score (nSPS) is 18.8. The Bertz CT molecular complexity index is 607. The molecule has 3 rings (SSSR count). The molecule has 2 aromatic rings. The lowest BCUT2D eigenvalue weighted by atomic mass is 9.84. The van der Waals surface area contributed by atoms with Crippen molar-refractivity contribution in [2.75, 3.05) is 0 Å². The Morgan fingerprint density at radius 1 is 1.30 bits per heavy atom. The molecule has 0 spiro atoms. The molecule has 0 amide bonds. The first-order valence-electron chi connectivity index (χ1n) is 7.60. The van der Waals surface area contributed by atoms with Crippen LogP contribution in [-0.4, -0.2) is 19.3 Å². The Morgan fingerprint density at radius 3 is 2.65 bits per heavy atom. The van der Waals surface area contributed by atoms with E-state index in [1.807, 2.05) is 18.7 Å². The highest BCUT2D eigenvalue weighted by Crippen LogP contribution is 2.35. The number of rotatable bonds is 3. The highest BCUT2D eigenvalue weighted by atomic mass is 35.5. The van der Waals surface area contributed by atoms with Gasteiger partial charge in [-0.2, -0.15) is 5.10 Å². The minimum absolute atomic E-state index is 0.448. The summed E-state index contributed by atoms with van der Waals surface area (Å²) in [6.45, 7) is 4.33. The number of nitrogens with zero attached hydrogens (tertiary/aromatic N) is 4. The van der Waals surface area contributed by atoms with Gasteiger partial charge in [0.1, 0.15) is 11.3 Å². The van der Waals surface area contributed by atoms with Crippen LogP contribution in [0.3, 0.4) is 0 Å². The molecule has 2 aromatic heterocycles. The fourth-order valence-electron chi connectivity index (χ4n) is 3.69. The Balaban J connectivity index is 2.08. The molecule has 1 unspecified atom stereocenters. The fourth-order valence-corrected chi connectivity index (χ4v) is 3.88. The number of aromatic nitrogens is 4. The molecule has 0 bridgehead atoms. The number of hydrogen-bond donors (Lipinski definition) is 0. The Morgan fingerprint density at radius 2 is 2.00 bits per heavy atom. The van der Waals surface area contributed by atoms with E-state index < -0.39 is 0 Å². The average Bonchev–Trinajstić information content (AvgIpc) is 2.98. The third kappa shape index (κ3) is 2.14. The summed E-state index contributed by atoms with van der Waals surface area (Å²) in [5, 5.41) is 4.50. The number of imidazole rings is 1. The van der Waals surface area contributed by atoms with Crippen LogP contribution in [0.2, 0.25) is 0 Å². The van der Waals surface area contributed by atoms with Gasteiger partial charge >= 0.3 is 0 Å². The molecule has 4 nitrogen and oxygen atoms in total. The van der Waals surface area contributed by atoms with Crippen molar-refractivity contribution >= 4 is 22.8 Å². The number of halogens is 1. The lowest BCUT2D eigenvalue weighted by Gasteiger charge is -2.29. The summed E-state index contributed by atoms with van der Waals surface area (Å²) in [6, 6.07) is 0.448. The van der Waals surface area contributed by atoms with Crippen molar-refractivity contribution in [1.29, 1.82) is 0 Å². The standard InChI is InChI=1S/C15H23ClN4/c1-10-14-15(19(3)18-10)20(13(9-16)17-14)11(2)12-7-5-4-6-8-12/h11-12H,4-9H2,1-3H3.